The van der Waals surface area contributed by atoms with E-state index in [0.717, 1.165) is 5.56 Å². The normalized spacial score (nSPS) is 10.2. The molecule has 0 spiro atoms. The van der Waals surface area contributed by atoms with E-state index >= 15 is 0 Å². The zero-order chi connectivity index (χ0) is 13.1. The number of nitrogens with zero attached hydrogens (tertiary/aromatic N) is 2. The summed E-state index contributed by atoms with van der Waals surface area (Å²) in [4.78, 5) is 19.5. The van der Waals surface area contributed by atoms with Gasteiger partial charge >= 0.3 is 0 Å². The Kier molecular flexibility index (Phi) is 3.79. The average molecular weight is 282 g/mol. The second-order valence-corrected chi connectivity index (χ2v) is 4.31. The van der Waals surface area contributed by atoms with E-state index in [1.165, 1.54) is 6.33 Å². The van der Waals surface area contributed by atoms with E-state index in [0.29, 0.717) is 21.4 Å². The number of benzene rings is 1. The Labute approximate surface area is 114 Å². The number of halogens is 2. The van der Waals surface area contributed by atoms with Gasteiger partial charge in [0.05, 0.1) is 15.7 Å². The summed E-state index contributed by atoms with van der Waals surface area (Å²) in [6.45, 7) is 0. The molecule has 0 bridgehead atoms. The molecule has 0 saturated heterocycles. The van der Waals surface area contributed by atoms with E-state index in [9.17, 15) is 4.79 Å². The molecule has 4 nitrogen and oxygen atoms in total. The van der Waals surface area contributed by atoms with E-state index in [2.05, 4.69) is 15.3 Å². The Morgan fingerprint density at radius 1 is 1.17 bits per heavy atom. The Bertz CT molecular complexity index is 602. The van der Waals surface area contributed by atoms with Crippen molar-refractivity contribution in [2.75, 3.05) is 7.05 Å². The molecule has 0 aliphatic carbocycles. The second-order valence-electron chi connectivity index (χ2n) is 3.50. The highest BCUT2D eigenvalue weighted by atomic mass is 35.5. The first-order chi connectivity index (χ1) is 8.61. The fourth-order valence-corrected chi connectivity index (χ4v) is 1.72. The molecule has 1 aromatic heterocycles. The smallest absolute Gasteiger partial charge is 0.269 e. The van der Waals surface area contributed by atoms with Crippen molar-refractivity contribution in [1.82, 2.24) is 15.3 Å². The molecule has 0 unspecified atom stereocenters. The van der Waals surface area contributed by atoms with Crippen molar-refractivity contribution in [3.05, 3.63) is 46.3 Å². The zero-order valence-corrected chi connectivity index (χ0v) is 11.0. The number of hydrogen-bond donors (Lipinski definition) is 1. The van der Waals surface area contributed by atoms with Gasteiger partial charge in [0, 0.05) is 12.6 Å². The molecule has 1 amide bonds. The number of hydrogen-bond acceptors (Lipinski definition) is 3. The topological polar surface area (TPSA) is 54.9 Å². The zero-order valence-electron chi connectivity index (χ0n) is 9.45. The van der Waals surface area contributed by atoms with Crippen LogP contribution >= 0.6 is 23.2 Å². The lowest BCUT2D eigenvalue weighted by Crippen LogP contribution is -2.19. The van der Waals surface area contributed by atoms with Gasteiger partial charge in [-0.25, -0.2) is 9.97 Å². The maximum absolute atomic E-state index is 11.5. The van der Waals surface area contributed by atoms with Gasteiger partial charge < -0.3 is 5.32 Å². The molecule has 0 fully saturated rings. The molecule has 0 radical (unpaired) electrons. The van der Waals surface area contributed by atoms with Crippen LogP contribution in [0.5, 0.6) is 0 Å². The lowest BCUT2D eigenvalue weighted by Gasteiger charge is -2.04. The van der Waals surface area contributed by atoms with Crippen molar-refractivity contribution >= 4 is 29.1 Å². The van der Waals surface area contributed by atoms with Crippen LogP contribution < -0.4 is 5.32 Å². The number of amides is 1. The molecule has 0 atom stereocenters. The number of carbonyl (C=O) groups is 1. The predicted octanol–water partition coefficient (Wildman–Crippen LogP) is 2.81. The summed E-state index contributed by atoms with van der Waals surface area (Å²) in [5.74, 6) is -0.265. The third-order valence-corrected chi connectivity index (χ3v) is 3.08. The minimum atomic E-state index is -0.265. The summed E-state index contributed by atoms with van der Waals surface area (Å²) in [7, 11) is 1.54. The van der Waals surface area contributed by atoms with Gasteiger partial charge in [-0.15, -0.1) is 0 Å². The van der Waals surface area contributed by atoms with Crippen LogP contribution in [0.25, 0.3) is 11.3 Å². The highest BCUT2D eigenvalue weighted by molar-refractivity contribution is 6.42. The first-order valence-electron chi connectivity index (χ1n) is 5.11. The van der Waals surface area contributed by atoms with Crippen LogP contribution in [0, 0.1) is 0 Å². The van der Waals surface area contributed by atoms with Gasteiger partial charge in [0.1, 0.15) is 12.0 Å². The maximum atomic E-state index is 11.5. The molecule has 1 aromatic carbocycles. The minimum Gasteiger partial charge on any atom is -0.354 e. The third-order valence-electron chi connectivity index (χ3n) is 2.34. The Balaban J connectivity index is 2.44. The van der Waals surface area contributed by atoms with Crippen molar-refractivity contribution < 1.29 is 4.79 Å². The van der Waals surface area contributed by atoms with Gasteiger partial charge in [0.2, 0.25) is 0 Å². The number of aromatic nitrogens is 2. The Morgan fingerprint density at radius 3 is 2.61 bits per heavy atom. The lowest BCUT2D eigenvalue weighted by molar-refractivity contribution is 0.0958. The molecular formula is C12H9Cl2N3O. The molecule has 0 aliphatic rings. The Morgan fingerprint density at radius 2 is 1.94 bits per heavy atom. The Hall–Kier alpha value is -1.65. The van der Waals surface area contributed by atoms with Gasteiger partial charge in [-0.3, -0.25) is 4.79 Å². The first-order valence-corrected chi connectivity index (χ1v) is 5.87. The summed E-state index contributed by atoms with van der Waals surface area (Å²) < 4.78 is 0. The van der Waals surface area contributed by atoms with E-state index < -0.39 is 0 Å². The van der Waals surface area contributed by atoms with Gasteiger partial charge in [0.25, 0.3) is 5.91 Å². The molecule has 2 rings (SSSR count). The minimum absolute atomic E-state index is 0.265. The van der Waals surface area contributed by atoms with E-state index in [1.807, 2.05) is 0 Å². The second kappa shape index (κ2) is 5.33. The molecule has 1 N–H and O–H groups in total. The fraction of sp³-hybridized carbons (Fsp3) is 0.0833. The fourth-order valence-electron chi connectivity index (χ4n) is 1.42. The largest absolute Gasteiger partial charge is 0.354 e. The summed E-state index contributed by atoms with van der Waals surface area (Å²) in [5.41, 5.74) is 1.69. The van der Waals surface area contributed by atoms with Crippen LogP contribution in [0.3, 0.4) is 0 Å². The van der Waals surface area contributed by atoms with E-state index in [-0.39, 0.29) is 5.91 Å². The molecule has 0 aliphatic heterocycles. The van der Waals surface area contributed by atoms with Gasteiger partial charge in [0.15, 0.2) is 0 Å². The van der Waals surface area contributed by atoms with E-state index in [4.69, 9.17) is 23.2 Å². The van der Waals surface area contributed by atoms with Gasteiger partial charge in [-0.2, -0.15) is 0 Å². The average Bonchev–Trinajstić information content (AvgIpc) is 2.41. The van der Waals surface area contributed by atoms with Crippen LogP contribution in [0.2, 0.25) is 10.0 Å². The molecule has 18 heavy (non-hydrogen) atoms. The van der Waals surface area contributed by atoms with Crippen molar-refractivity contribution in [2.45, 2.75) is 0 Å². The molecule has 6 heteroatoms. The standard InChI is InChI=1S/C12H9Cl2N3O/c1-15-12(18)11-5-10(16-6-17-11)7-2-3-8(13)9(14)4-7/h2-6H,1H3,(H,15,18). The monoisotopic (exact) mass is 281 g/mol. The number of nitrogens with one attached hydrogen (secondary N) is 1. The molecule has 2 aromatic rings. The summed E-state index contributed by atoms with van der Waals surface area (Å²) >= 11 is 11.8. The predicted molar refractivity (Wildman–Crippen MR) is 70.9 cm³/mol. The maximum Gasteiger partial charge on any atom is 0.269 e. The third kappa shape index (κ3) is 2.60. The molecule has 92 valence electrons. The van der Waals surface area contributed by atoms with Crippen molar-refractivity contribution in [3.63, 3.8) is 0 Å². The van der Waals surface area contributed by atoms with Crippen molar-refractivity contribution in [3.8, 4) is 11.3 Å². The summed E-state index contributed by atoms with van der Waals surface area (Å²) in [5, 5.41) is 3.42. The SMILES string of the molecule is CNC(=O)c1cc(-c2ccc(Cl)c(Cl)c2)ncn1. The lowest BCUT2D eigenvalue weighted by atomic mass is 10.1. The van der Waals surface area contributed by atoms with Gasteiger partial charge in [-0.05, 0) is 18.2 Å². The van der Waals surface area contributed by atoms with Crippen LogP contribution in [-0.2, 0) is 0 Å². The van der Waals surface area contributed by atoms with Crippen LogP contribution in [0.4, 0.5) is 0 Å². The van der Waals surface area contributed by atoms with Crippen LogP contribution in [0.1, 0.15) is 10.5 Å². The molecular weight excluding hydrogens is 273 g/mol. The van der Waals surface area contributed by atoms with Crippen molar-refractivity contribution in [2.24, 2.45) is 0 Å². The quantitative estimate of drug-likeness (QED) is 0.921. The number of rotatable bonds is 2. The highest BCUT2D eigenvalue weighted by Crippen LogP contribution is 2.27. The van der Waals surface area contributed by atoms with E-state index in [1.54, 1.807) is 31.3 Å². The van der Waals surface area contributed by atoms with Crippen LogP contribution in [0.15, 0.2) is 30.6 Å². The molecule has 0 saturated carbocycles. The highest BCUT2D eigenvalue weighted by Gasteiger charge is 2.08. The summed E-state index contributed by atoms with van der Waals surface area (Å²) in [6, 6.07) is 6.75. The van der Waals surface area contributed by atoms with Crippen LogP contribution in [-0.4, -0.2) is 22.9 Å². The van der Waals surface area contributed by atoms with Gasteiger partial charge in [-0.1, -0.05) is 29.3 Å². The molecule has 1 heterocycles. The van der Waals surface area contributed by atoms with Crippen molar-refractivity contribution in [1.29, 1.82) is 0 Å². The summed E-state index contributed by atoms with van der Waals surface area (Å²) in [6.07, 6.45) is 1.34. The first kappa shape index (κ1) is 12.8. The number of carbonyl (C=O) groups excluding carboxylic acids is 1.